The second-order valence-electron chi connectivity index (χ2n) is 4.79. The normalized spacial score (nSPS) is 15.7. The molecule has 0 aliphatic heterocycles. The summed E-state index contributed by atoms with van der Waals surface area (Å²) in [6, 6.07) is 7.03. The quantitative estimate of drug-likeness (QED) is 0.813. The van der Waals surface area contributed by atoms with E-state index < -0.39 is 10.0 Å². The predicted octanol–water partition coefficient (Wildman–Crippen LogP) is 1.07. The molecule has 0 spiro atoms. The zero-order chi connectivity index (χ0) is 13.9. The highest BCUT2D eigenvalue weighted by molar-refractivity contribution is 7.89. The fourth-order valence-corrected chi connectivity index (χ4v) is 2.91. The van der Waals surface area contributed by atoms with E-state index in [2.05, 4.69) is 9.62 Å². The molecule has 0 heterocycles. The zero-order valence-electron chi connectivity index (χ0n) is 11.3. The zero-order valence-corrected chi connectivity index (χ0v) is 12.1. The van der Waals surface area contributed by atoms with Gasteiger partial charge in [-0.15, -0.1) is 0 Å². The van der Waals surface area contributed by atoms with E-state index in [4.69, 9.17) is 4.74 Å². The third-order valence-electron chi connectivity index (χ3n) is 3.30. The standard InChI is InChI=1S/C13H20N2O3S/c1-15(11-3-4-11)10-9-14-19(16,17)13-7-5-12(18-2)6-8-13/h5-8,11,14H,3-4,9-10H2,1-2H3. The van der Waals surface area contributed by atoms with Crippen LogP contribution in [0.15, 0.2) is 29.2 Å². The smallest absolute Gasteiger partial charge is 0.240 e. The summed E-state index contributed by atoms with van der Waals surface area (Å²) in [6.07, 6.45) is 2.45. The summed E-state index contributed by atoms with van der Waals surface area (Å²) in [6.45, 7) is 1.17. The number of hydrogen-bond donors (Lipinski definition) is 1. The van der Waals surface area contributed by atoms with E-state index >= 15 is 0 Å². The number of nitrogens with zero attached hydrogens (tertiary/aromatic N) is 1. The molecule has 106 valence electrons. The molecule has 1 aromatic carbocycles. The Kier molecular flexibility index (Phi) is 4.44. The molecular weight excluding hydrogens is 264 g/mol. The summed E-state index contributed by atoms with van der Waals surface area (Å²) < 4.78 is 31.7. The number of ether oxygens (including phenoxy) is 1. The topological polar surface area (TPSA) is 58.6 Å². The van der Waals surface area contributed by atoms with Crippen LogP contribution in [0.5, 0.6) is 5.75 Å². The molecule has 5 nitrogen and oxygen atoms in total. The van der Waals surface area contributed by atoms with Gasteiger partial charge >= 0.3 is 0 Å². The highest BCUT2D eigenvalue weighted by atomic mass is 32.2. The van der Waals surface area contributed by atoms with Crippen LogP contribution in [0.25, 0.3) is 0 Å². The third-order valence-corrected chi connectivity index (χ3v) is 4.77. The Morgan fingerprint density at radius 2 is 1.95 bits per heavy atom. The fraction of sp³-hybridized carbons (Fsp3) is 0.538. The van der Waals surface area contributed by atoms with Crippen molar-refractivity contribution in [2.45, 2.75) is 23.8 Å². The van der Waals surface area contributed by atoms with Crippen molar-refractivity contribution in [1.29, 1.82) is 0 Å². The molecule has 0 unspecified atom stereocenters. The van der Waals surface area contributed by atoms with E-state index in [-0.39, 0.29) is 4.90 Å². The minimum atomic E-state index is -3.42. The van der Waals surface area contributed by atoms with Crippen LogP contribution < -0.4 is 9.46 Å². The summed E-state index contributed by atoms with van der Waals surface area (Å²) in [5.41, 5.74) is 0. The molecule has 1 aromatic rings. The first kappa shape index (κ1) is 14.3. The largest absolute Gasteiger partial charge is 0.497 e. The summed E-state index contributed by atoms with van der Waals surface area (Å²) in [5, 5.41) is 0. The van der Waals surface area contributed by atoms with Gasteiger partial charge in [-0.25, -0.2) is 13.1 Å². The van der Waals surface area contributed by atoms with Crippen LogP contribution >= 0.6 is 0 Å². The van der Waals surface area contributed by atoms with Crippen LogP contribution in [0.4, 0.5) is 0 Å². The number of sulfonamides is 1. The minimum absolute atomic E-state index is 0.266. The maximum Gasteiger partial charge on any atom is 0.240 e. The Labute approximate surface area is 114 Å². The Morgan fingerprint density at radius 1 is 1.32 bits per heavy atom. The van der Waals surface area contributed by atoms with Gasteiger partial charge in [0, 0.05) is 19.1 Å². The molecule has 1 aliphatic carbocycles. The maximum atomic E-state index is 12.0. The average Bonchev–Trinajstić information content (AvgIpc) is 3.23. The molecule has 19 heavy (non-hydrogen) atoms. The van der Waals surface area contributed by atoms with Crippen molar-refractivity contribution in [2.75, 3.05) is 27.2 Å². The van der Waals surface area contributed by atoms with Gasteiger partial charge < -0.3 is 9.64 Å². The van der Waals surface area contributed by atoms with Crippen LogP contribution in [-0.2, 0) is 10.0 Å². The first-order chi connectivity index (χ1) is 9.03. The molecule has 1 N–H and O–H groups in total. The highest BCUT2D eigenvalue weighted by Crippen LogP contribution is 2.24. The monoisotopic (exact) mass is 284 g/mol. The molecule has 1 aliphatic rings. The molecule has 0 amide bonds. The SMILES string of the molecule is COc1ccc(S(=O)(=O)NCCN(C)C2CC2)cc1. The number of benzene rings is 1. The molecule has 0 aromatic heterocycles. The van der Waals surface area contributed by atoms with E-state index in [1.807, 2.05) is 7.05 Å². The van der Waals surface area contributed by atoms with Crippen LogP contribution in [0.2, 0.25) is 0 Å². The van der Waals surface area contributed by atoms with Gasteiger partial charge in [0.25, 0.3) is 0 Å². The molecule has 2 rings (SSSR count). The van der Waals surface area contributed by atoms with Gasteiger partial charge in [-0.3, -0.25) is 0 Å². The molecule has 0 bridgehead atoms. The van der Waals surface area contributed by atoms with E-state index in [1.165, 1.54) is 12.8 Å². The number of methoxy groups -OCH3 is 1. The van der Waals surface area contributed by atoms with Gasteiger partial charge in [-0.05, 0) is 44.2 Å². The lowest BCUT2D eigenvalue weighted by Gasteiger charge is -2.15. The third kappa shape index (κ3) is 3.92. The van der Waals surface area contributed by atoms with E-state index in [1.54, 1.807) is 31.4 Å². The summed E-state index contributed by atoms with van der Waals surface area (Å²) in [4.78, 5) is 2.46. The Hall–Kier alpha value is -1.11. The number of likely N-dealkylation sites (N-methyl/N-ethyl adjacent to an activating group) is 1. The molecule has 6 heteroatoms. The van der Waals surface area contributed by atoms with Crippen LogP contribution in [0.3, 0.4) is 0 Å². The van der Waals surface area contributed by atoms with Crippen molar-refractivity contribution < 1.29 is 13.2 Å². The van der Waals surface area contributed by atoms with Crippen molar-refractivity contribution in [1.82, 2.24) is 9.62 Å². The van der Waals surface area contributed by atoms with Crippen molar-refractivity contribution in [3.05, 3.63) is 24.3 Å². The molecule has 1 fully saturated rings. The molecule has 1 saturated carbocycles. The van der Waals surface area contributed by atoms with Gasteiger partial charge in [0.1, 0.15) is 5.75 Å². The fourth-order valence-electron chi connectivity index (χ4n) is 1.89. The minimum Gasteiger partial charge on any atom is -0.497 e. The second kappa shape index (κ2) is 5.90. The van der Waals surface area contributed by atoms with Gasteiger partial charge in [0.2, 0.25) is 10.0 Å². The van der Waals surface area contributed by atoms with Crippen molar-refractivity contribution in [2.24, 2.45) is 0 Å². The van der Waals surface area contributed by atoms with E-state index in [0.29, 0.717) is 18.3 Å². The Bertz CT molecular complexity index is 509. The summed E-state index contributed by atoms with van der Waals surface area (Å²) in [7, 11) is 0.160. The van der Waals surface area contributed by atoms with Crippen LogP contribution in [0.1, 0.15) is 12.8 Å². The van der Waals surface area contributed by atoms with Crippen molar-refractivity contribution >= 4 is 10.0 Å². The van der Waals surface area contributed by atoms with Gasteiger partial charge in [0.15, 0.2) is 0 Å². The Morgan fingerprint density at radius 3 is 2.47 bits per heavy atom. The van der Waals surface area contributed by atoms with Gasteiger partial charge in [-0.2, -0.15) is 0 Å². The van der Waals surface area contributed by atoms with Crippen LogP contribution in [-0.4, -0.2) is 46.6 Å². The number of rotatable bonds is 7. The Balaban J connectivity index is 1.89. The summed E-state index contributed by atoms with van der Waals surface area (Å²) in [5.74, 6) is 0.646. The van der Waals surface area contributed by atoms with Crippen molar-refractivity contribution in [3.8, 4) is 5.75 Å². The van der Waals surface area contributed by atoms with Gasteiger partial charge in [-0.1, -0.05) is 0 Å². The van der Waals surface area contributed by atoms with E-state index in [0.717, 1.165) is 6.54 Å². The van der Waals surface area contributed by atoms with E-state index in [9.17, 15) is 8.42 Å². The van der Waals surface area contributed by atoms with Crippen molar-refractivity contribution in [3.63, 3.8) is 0 Å². The highest BCUT2D eigenvalue weighted by Gasteiger charge is 2.25. The molecule has 0 radical (unpaired) electrons. The first-order valence-electron chi connectivity index (χ1n) is 6.37. The average molecular weight is 284 g/mol. The van der Waals surface area contributed by atoms with Gasteiger partial charge in [0.05, 0.1) is 12.0 Å². The van der Waals surface area contributed by atoms with Crippen LogP contribution in [0, 0.1) is 0 Å². The second-order valence-corrected chi connectivity index (χ2v) is 6.55. The number of hydrogen-bond acceptors (Lipinski definition) is 4. The first-order valence-corrected chi connectivity index (χ1v) is 7.85. The number of nitrogens with one attached hydrogen (secondary N) is 1. The maximum absolute atomic E-state index is 12.0. The summed E-state index contributed by atoms with van der Waals surface area (Å²) >= 11 is 0. The lowest BCUT2D eigenvalue weighted by molar-refractivity contribution is 0.329. The lowest BCUT2D eigenvalue weighted by atomic mass is 10.3. The lowest BCUT2D eigenvalue weighted by Crippen LogP contribution is -2.33. The molecular formula is C13H20N2O3S. The predicted molar refractivity (Wildman–Crippen MR) is 73.8 cm³/mol. The molecule has 0 saturated heterocycles. The molecule has 0 atom stereocenters.